The molecule has 104 valence electrons. The van der Waals surface area contributed by atoms with Gasteiger partial charge < -0.3 is 10.6 Å². The van der Waals surface area contributed by atoms with Gasteiger partial charge >= 0.3 is 6.18 Å². The van der Waals surface area contributed by atoms with Crippen LogP contribution in [0.3, 0.4) is 0 Å². The summed E-state index contributed by atoms with van der Waals surface area (Å²) in [7, 11) is 0. The van der Waals surface area contributed by atoms with Gasteiger partial charge in [0.15, 0.2) is 0 Å². The number of nitrogen functional groups attached to an aromatic ring is 1. The summed E-state index contributed by atoms with van der Waals surface area (Å²) in [5.41, 5.74) is 5.46. The number of alkyl halides is 3. The van der Waals surface area contributed by atoms with Crippen LogP contribution >= 0.6 is 0 Å². The van der Waals surface area contributed by atoms with Gasteiger partial charge in [0.2, 0.25) is 5.82 Å². The van der Waals surface area contributed by atoms with E-state index in [9.17, 15) is 13.2 Å². The maximum absolute atomic E-state index is 12.7. The molecule has 1 aliphatic carbocycles. The summed E-state index contributed by atoms with van der Waals surface area (Å²) in [6.45, 7) is 1.55. The third-order valence-corrected chi connectivity index (χ3v) is 4.04. The molecule has 1 aromatic heterocycles. The lowest BCUT2D eigenvalue weighted by atomic mass is 10.0. The Balaban J connectivity index is 1.87. The number of anilines is 2. The van der Waals surface area contributed by atoms with E-state index in [1.807, 2.05) is 4.90 Å². The van der Waals surface area contributed by atoms with Crippen LogP contribution in [0.5, 0.6) is 0 Å². The summed E-state index contributed by atoms with van der Waals surface area (Å²) in [6, 6.07) is 1.43. The zero-order valence-corrected chi connectivity index (χ0v) is 10.3. The summed E-state index contributed by atoms with van der Waals surface area (Å²) in [4.78, 5) is 8.79. The smallest absolute Gasteiger partial charge is 0.384 e. The number of nitrogens with zero attached hydrogens (tertiary/aromatic N) is 3. The molecule has 2 heterocycles. The van der Waals surface area contributed by atoms with E-state index in [0.29, 0.717) is 17.7 Å². The number of rotatable bonds is 1. The maximum atomic E-state index is 12.7. The highest BCUT2D eigenvalue weighted by Crippen LogP contribution is 2.39. The Hall–Kier alpha value is -1.53. The number of fused-ring (bicyclic) bond motifs is 1. The first-order chi connectivity index (χ1) is 8.93. The van der Waals surface area contributed by atoms with E-state index < -0.39 is 12.0 Å². The van der Waals surface area contributed by atoms with Gasteiger partial charge in [-0.3, -0.25) is 0 Å². The Morgan fingerprint density at radius 1 is 1.16 bits per heavy atom. The summed E-state index contributed by atoms with van der Waals surface area (Å²) < 4.78 is 38.0. The van der Waals surface area contributed by atoms with E-state index in [-0.39, 0.29) is 5.82 Å². The molecule has 0 amide bonds. The second-order valence-electron chi connectivity index (χ2n) is 5.33. The molecule has 1 saturated carbocycles. The van der Waals surface area contributed by atoms with E-state index in [2.05, 4.69) is 9.97 Å². The van der Waals surface area contributed by atoms with Gasteiger partial charge in [-0.25, -0.2) is 9.97 Å². The first-order valence-electron chi connectivity index (χ1n) is 6.40. The Morgan fingerprint density at radius 2 is 1.79 bits per heavy atom. The number of hydrogen-bond donors (Lipinski definition) is 1. The average Bonchev–Trinajstić information content (AvgIpc) is 2.86. The largest absolute Gasteiger partial charge is 0.451 e. The third kappa shape index (κ3) is 2.33. The van der Waals surface area contributed by atoms with Crippen molar-refractivity contribution < 1.29 is 13.2 Å². The average molecular weight is 272 g/mol. The minimum absolute atomic E-state index is 0.130. The van der Waals surface area contributed by atoms with Crippen molar-refractivity contribution in [1.29, 1.82) is 0 Å². The molecule has 1 saturated heterocycles. The van der Waals surface area contributed by atoms with Crippen molar-refractivity contribution in [1.82, 2.24) is 9.97 Å². The minimum Gasteiger partial charge on any atom is -0.384 e. The van der Waals surface area contributed by atoms with Crippen LogP contribution in [-0.2, 0) is 6.18 Å². The van der Waals surface area contributed by atoms with Crippen LogP contribution in [0, 0.1) is 11.8 Å². The van der Waals surface area contributed by atoms with Gasteiger partial charge in [-0.1, -0.05) is 6.42 Å². The van der Waals surface area contributed by atoms with Crippen LogP contribution in [0.2, 0.25) is 0 Å². The van der Waals surface area contributed by atoms with Crippen molar-refractivity contribution in [2.75, 3.05) is 23.7 Å². The fourth-order valence-corrected chi connectivity index (χ4v) is 3.16. The summed E-state index contributed by atoms with van der Waals surface area (Å²) in [5.74, 6) is 0.194. The molecule has 2 N–H and O–H groups in total. The van der Waals surface area contributed by atoms with Gasteiger partial charge in [0, 0.05) is 19.2 Å². The van der Waals surface area contributed by atoms with Crippen molar-refractivity contribution in [3.63, 3.8) is 0 Å². The number of halogens is 3. The Labute approximate surface area is 108 Å². The van der Waals surface area contributed by atoms with Crippen LogP contribution in [0.25, 0.3) is 0 Å². The van der Waals surface area contributed by atoms with Crippen LogP contribution in [0.4, 0.5) is 24.8 Å². The first kappa shape index (κ1) is 12.5. The van der Waals surface area contributed by atoms with Crippen molar-refractivity contribution in [3.05, 3.63) is 11.9 Å². The molecular weight excluding hydrogens is 257 g/mol. The van der Waals surface area contributed by atoms with Gasteiger partial charge in [-0.05, 0) is 24.7 Å². The molecular formula is C12H15F3N4. The standard InChI is InChI=1S/C12H15F3N4/c13-12(14,15)11-17-9(16)4-10(18-11)19-5-7-2-1-3-8(7)6-19/h4,7-8H,1-3,5-6H2,(H2,16,17,18). The molecule has 2 fully saturated rings. The van der Waals surface area contributed by atoms with Gasteiger partial charge in [0.25, 0.3) is 0 Å². The highest BCUT2D eigenvalue weighted by molar-refractivity contribution is 5.48. The van der Waals surface area contributed by atoms with Crippen molar-refractivity contribution in [2.24, 2.45) is 11.8 Å². The molecule has 0 aromatic carbocycles. The second kappa shape index (κ2) is 4.25. The Kier molecular flexibility index (Phi) is 2.79. The molecule has 0 spiro atoms. The van der Waals surface area contributed by atoms with Gasteiger partial charge in [-0.15, -0.1) is 0 Å². The number of aromatic nitrogens is 2. The monoisotopic (exact) mass is 272 g/mol. The minimum atomic E-state index is -4.56. The molecule has 0 radical (unpaired) electrons. The second-order valence-corrected chi connectivity index (χ2v) is 5.33. The molecule has 2 atom stereocenters. The summed E-state index contributed by atoms with van der Waals surface area (Å²) in [5, 5.41) is 0. The predicted molar refractivity (Wildman–Crippen MR) is 64.5 cm³/mol. The normalized spacial score (nSPS) is 26.8. The molecule has 4 nitrogen and oxygen atoms in total. The lowest BCUT2D eigenvalue weighted by molar-refractivity contribution is -0.144. The quantitative estimate of drug-likeness (QED) is 0.852. The zero-order valence-electron chi connectivity index (χ0n) is 10.3. The van der Waals surface area contributed by atoms with Gasteiger partial charge in [0.05, 0.1) is 0 Å². The fourth-order valence-electron chi connectivity index (χ4n) is 3.16. The Bertz CT molecular complexity index is 476. The topological polar surface area (TPSA) is 55.0 Å². The molecule has 2 unspecified atom stereocenters. The fraction of sp³-hybridized carbons (Fsp3) is 0.667. The third-order valence-electron chi connectivity index (χ3n) is 4.04. The highest BCUT2D eigenvalue weighted by atomic mass is 19.4. The maximum Gasteiger partial charge on any atom is 0.451 e. The molecule has 1 aliphatic heterocycles. The zero-order chi connectivity index (χ0) is 13.6. The van der Waals surface area contributed by atoms with E-state index in [0.717, 1.165) is 25.9 Å². The van der Waals surface area contributed by atoms with Crippen molar-refractivity contribution >= 4 is 11.6 Å². The van der Waals surface area contributed by atoms with Gasteiger partial charge in [0.1, 0.15) is 11.6 Å². The van der Waals surface area contributed by atoms with Crippen molar-refractivity contribution in [2.45, 2.75) is 25.4 Å². The number of nitrogens with two attached hydrogens (primary N) is 1. The lowest BCUT2D eigenvalue weighted by Gasteiger charge is -2.19. The van der Waals surface area contributed by atoms with Crippen molar-refractivity contribution in [3.8, 4) is 0 Å². The SMILES string of the molecule is Nc1cc(N2CC3CCCC3C2)nc(C(F)(F)F)n1. The van der Waals surface area contributed by atoms with E-state index >= 15 is 0 Å². The van der Waals surface area contributed by atoms with Gasteiger partial charge in [-0.2, -0.15) is 13.2 Å². The van der Waals surface area contributed by atoms with Crippen LogP contribution in [0.15, 0.2) is 6.07 Å². The van der Waals surface area contributed by atoms with Crippen LogP contribution < -0.4 is 10.6 Å². The summed E-state index contributed by atoms with van der Waals surface area (Å²) in [6.07, 6.45) is -1.01. The first-order valence-corrected chi connectivity index (χ1v) is 6.40. The molecule has 3 rings (SSSR count). The summed E-state index contributed by atoms with van der Waals surface area (Å²) >= 11 is 0. The molecule has 0 bridgehead atoms. The highest BCUT2D eigenvalue weighted by Gasteiger charge is 2.39. The van der Waals surface area contributed by atoms with E-state index in [4.69, 9.17) is 5.73 Å². The molecule has 19 heavy (non-hydrogen) atoms. The molecule has 1 aromatic rings. The van der Waals surface area contributed by atoms with E-state index in [1.165, 1.54) is 12.5 Å². The Morgan fingerprint density at radius 3 is 2.37 bits per heavy atom. The predicted octanol–water partition coefficient (Wildman–Crippen LogP) is 2.31. The van der Waals surface area contributed by atoms with Crippen LogP contribution in [-0.4, -0.2) is 23.1 Å². The lowest BCUT2D eigenvalue weighted by Crippen LogP contribution is -2.24. The van der Waals surface area contributed by atoms with Crippen LogP contribution in [0.1, 0.15) is 25.1 Å². The molecule has 2 aliphatic rings. The number of hydrogen-bond acceptors (Lipinski definition) is 4. The molecule has 7 heteroatoms. The van der Waals surface area contributed by atoms with E-state index in [1.54, 1.807) is 0 Å².